The van der Waals surface area contributed by atoms with E-state index in [1.54, 1.807) is 24.3 Å². The third-order valence-electron chi connectivity index (χ3n) is 4.21. The molecule has 8 nitrogen and oxygen atoms in total. The maximum absolute atomic E-state index is 14.0. The Morgan fingerprint density at radius 1 is 1.13 bits per heavy atom. The SMILES string of the molecule is OCC(O)COc1nc(Oc2ccc(F)cc2F)nc2[nH]nc(-c3ccccc3Cl)c12. The van der Waals surface area contributed by atoms with Gasteiger partial charge in [-0.15, -0.1) is 0 Å². The molecule has 0 fully saturated rings. The summed E-state index contributed by atoms with van der Waals surface area (Å²) in [7, 11) is 0. The zero-order chi connectivity index (χ0) is 22.0. The van der Waals surface area contributed by atoms with Gasteiger partial charge >= 0.3 is 6.01 Å². The van der Waals surface area contributed by atoms with Gasteiger partial charge in [-0.3, -0.25) is 5.10 Å². The van der Waals surface area contributed by atoms with Crippen molar-refractivity contribution < 1.29 is 28.5 Å². The van der Waals surface area contributed by atoms with Gasteiger partial charge in [-0.25, -0.2) is 8.78 Å². The minimum Gasteiger partial charge on any atom is -0.474 e. The fourth-order valence-corrected chi connectivity index (χ4v) is 2.99. The lowest BCUT2D eigenvalue weighted by Crippen LogP contribution is -2.21. The lowest BCUT2D eigenvalue weighted by Gasteiger charge is -2.12. The molecule has 0 spiro atoms. The zero-order valence-corrected chi connectivity index (χ0v) is 16.5. The first-order chi connectivity index (χ1) is 15.0. The van der Waals surface area contributed by atoms with E-state index in [0.717, 1.165) is 12.1 Å². The molecule has 31 heavy (non-hydrogen) atoms. The Hall–Kier alpha value is -3.34. The van der Waals surface area contributed by atoms with Gasteiger partial charge in [0.25, 0.3) is 0 Å². The number of nitrogens with one attached hydrogen (secondary N) is 1. The summed E-state index contributed by atoms with van der Waals surface area (Å²) < 4.78 is 38.0. The summed E-state index contributed by atoms with van der Waals surface area (Å²) in [6.07, 6.45) is -1.17. The van der Waals surface area contributed by atoms with Gasteiger partial charge in [-0.05, 0) is 18.2 Å². The summed E-state index contributed by atoms with van der Waals surface area (Å²) in [4.78, 5) is 8.31. The molecule has 0 radical (unpaired) electrons. The van der Waals surface area contributed by atoms with Crippen LogP contribution in [0.3, 0.4) is 0 Å². The Bertz CT molecular complexity index is 1240. The number of aliphatic hydroxyl groups excluding tert-OH is 2. The largest absolute Gasteiger partial charge is 0.474 e. The molecule has 2 aromatic carbocycles. The molecule has 0 aliphatic heterocycles. The van der Waals surface area contributed by atoms with Crippen LogP contribution in [0.15, 0.2) is 42.5 Å². The number of halogens is 3. The van der Waals surface area contributed by atoms with Crippen molar-refractivity contribution in [3.05, 3.63) is 59.1 Å². The molecule has 0 amide bonds. The van der Waals surface area contributed by atoms with E-state index >= 15 is 0 Å². The summed E-state index contributed by atoms with van der Waals surface area (Å²) >= 11 is 6.28. The van der Waals surface area contributed by atoms with Gasteiger partial charge in [-0.1, -0.05) is 29.8 Å². The number of fused-ring (bicyclic) bond motifs is 1. The Balaban J connectivity index is 1.80. The van der Waals surface area contributed by atoms with E-state index in [2.05, 4.69) is 20.2 Å². The third-order valence-corrected chi connectivity index (χ3v) is 4.54. The molecule has 1 atom stereocenters. The Kier molecular flexibility index (Phi) is 5.94. The molecule has 4 aromatic rings. The van der Waals surface area contributed by atoms with Gasteiger partial charge in [0.2, 0.25) is 5.88 Å². The average molecular weight is 449 g/mol. The van der Waals surface area contributed by atoms with E-state index < -0.39 is 24.3 Å². The number of benzene rings is 2. The quantitative estimate of drug-likeness (QED) is 0.396. The van der Waals surface area contributed by atoms with E-state index in [-0.39, 0.29) is 29.9 Å². The minimum atomic E-state index is -1.17. The first-order valence-corrected chi connectivity index (χ1v) is 9.39. The third kappa shape index (κ3) is 4.41. The van der Waals surface area contributed by atoms with Crippen LogP contribution < -0.4 is 9.47 Å². The van der Waals surface area contributed by atoms with E-state index in [0.29, 0.717) is 27.7 Å². The highest BCUT2D eigenvalue weighted by molar-refractivity contribution is 6.33. The normalized spacial score (nSPS) is 12.2. The van der Waals surface area contributed by atoms with Gasteiger partial charge in [0.05, 0.1) is 11.6 Å². The first-order valence-electron chi connectivity index (χ1n) is 9.02. The summed E-state index contributed by atoms with van der Waals surface area (Å²) in [5.41, 5.74) is 1.15. The van der Waals surface area contributed by atoms with Crippen LogP contribution in [0.25, 0.3) is 22.3 Å². The Labute approximate surface area is 179 Å². The van der Waals surface area contributed by atoms with Crippen molar-refractivity contribution in [3.8, 4) is 28.9 Å². The van der Waals surface area contributed by atoms with Crippen LogP contribution in [0.2, 0.25) is 5.02 Å². The maximum Gasteiger partial charge on any atom is 0.327 e. The second kappa shape index (κ2) is 8.80. The molecule has 0 saturated heterocycles. The summed E-state index contributed by atoms with van der Waals surface area (Å²) in [5.74, 6) is -2.05. The van der Waals surface area contributed by atoms with Crippen molar-refractivity contribution in [3.63, 3.8) is 0 Å². The molecule has 0 saturated carbocycles. The van der Waals surface area contributed by atoms with Gasteiger partial charge in [0.15, 0.2) is 17.2 Å². The minimum absolute atomic E-state index is 0.0429. The van der Waals surface area contributed by atoms with Crippen molar-refractivity contribution in [2.45, 2.75) is 6.10 Å². The fraction of sp³-hybridized carbons (Fsp3) is 0.150. The lowest BCUT2D eigenvalue weighted by atomic mass is 10.1. The van der Waals surface area contributed by atoms with Crippen LogP contribution >= 0.6 is 11.6 Å². The first kappa shape index (κ1) is 20.9. The highest BCUT2D eigenvalue weighted by Gasteiger charge is 2.21. The highest BCUT2D eigenvalue weighted by atomic mass is 35.5. The van der Waals surface area contributed by atoms with Crippen LogP contribution in [0.1, 0.15) is 0 Å². The summed E-state index contributed by atoms with van der Waals surface area (Å²) in [5, 5.41) is 26.4. The molecule has 1 unspecified atom stereocenters. The standard InChI is InChI=1S/C20H15ClF2N4O4/c21-13-4-2-1-3-12(13)17-16-18(27-26-17)24-20(25-19(16)30-9-11(29)8-28)31-15-6-5-10(22)7-14(15)23/h1-7,11,28-29H,8-9H2,(H,24,25,26,27). The van der Waals surface area contributed by atoms with E-state index in [1.165, 1.54) is 0 Å². The zero-order valence-electron chi connectivity index (χ0n) is 15.7. The van der Waals surface area contributed by atoms with Crippen molar-refractivity contribution >= 4 is 22.6 Å². The van der Waals surface area contributed by atoms with Crippen molar-refractivity contribution in [2.75, 3.05) is 13.2 Å². The van der Waals surface area contributed by atoms with Gasteiger partial charge in [0.1, 0.15) is 29.6 Å². The van der Waals surface area contributed by atoms with Crippen LogP contribution in [-0.2, 0) is 0 Å². The van der Waals surface area contributed by atoms with Gasteiger partial charge in [-0.2, -0.15) is 15.1 Å². The van der Waals surface area contributed by atoms with Crippen LogP contribution in [0, 0.1) is 11.6 Å². The number of hydrogen-bond acceptors (Lipinski definition) is 7. The van der Waals surface area contributed by atoms with Gasteiger partial charge in [0, 0.05) is 11.6 Å². The number of aromatic nitrogens is 4. The molecule has 4 rings (SSSR count). The number of rotatable bonds is 7. The number of aliphatic hydroxyl groups is 2. The predicted molar refractivity (Wildman–Crippen MR) is 107 cm³/mol. The molecular formula is C20H15ClF2N4O4. The second-order valence-corrected chi connectivity index (χ2v) is 6.82. The number of H-pyrrole nitrogens is 1. The smallest absolute Gasteiger partial charge is 0.327 e. The summed E-state index contributed by atoms with van der Waals surface area (Å²) in [6, 6.07) is 9.43. The van der Waals surface area contributed by atoms with Crippen molar-refractivity contribution in [2.24, 2.45) is 0 Å². The molecule has 2 aromatic heterocycles. The maximum atomic E-state index is 14.0. The van der Waals surface area contributed by atoms with E-state index in [4.69, 9.17) is 26.2 Å². The molecular weight excluding hydrogens is 434 g/mol. The number of aromatic amines is 1. The second-order valence-electron chi connectivity index (χ2n) is 6.41. The molecule has 11 heteroatoms. The summed E-state index contributed by atoms with van der Waals surface area (Å²) in [6.45, 7) is -0.818. The predicted octanol–water partition coefficient (Wildman–Crippen LogP) is 3.48. The molecule has 0 aliphatic carbocycles. The Morgan fingerprint density at radius 3 is 2.68 bits per heavy atom. The highest BCUT2D eigenvalue weighted by Crippen LogP contribution is 2.37. The number of hydrogen-bond donors (Lipinski definition) is 3. The molecule has 3 N–H and O–H groups in total. The van der Waals surface area contributed by atoms with E-state index in [9.17, 15) is 13.9 Å². The monoisotopic (exact) mass is 448 g/mol. The number of nitrogens with zero attached hydrogens (tertiary/aromatic N) is 3. The van der Waals surface area contributed by atoms with E-state index in [1.807, 2.05) is 0 Å². The molecule has 0 aliphatic rings. The van der Waals surface area contributed by atoms with Crippen molar-refractivity contribution in [1.29, 1.82) is 0 Å². The average Bonchev–Trinajstić information content (AvgIpc) is 3.18. The Morgan fingerprint density at radius 2 is 1.94 bits per heavy atom. The number of ether oxygens (including phenoxy) is 2. The molecule has 2 heterocycles. The fourth-order valence-electron chi connectivity index (χ4n) is 2.76. The van der Waals surface area contributed by atoms with Crippen LogP contribution in [0.4, 0.5) is 8.78 Å². The topological polar surface area (TPSA) is 113 Å². The van der Waals surface area contributed by atoms with Crippen molar-refractivity contribution in [1.82, 2.24) is 20.2 Å². The van der Waals surface area contributed by atoms with Crippen LogP contribution in [-0.4, -0.2) is 49.7 Å². The van der Waals surface area contributed by atoms with Gasteiger partial charge < -0.3 is 19.7 Å². The molecule has 0 bridgehead atoms. The lowest BCUT2D eigenvalue weighted by molar-refractivity contribution is 0.0525. The van der Waals surface area contributed by atoms with Crippen LogP contribution in [0.5, 0.6) is 17.6 Å². The molecule has 160 valence electrons.